The van der Waals surface area contributed by atoms with Gasteiger partial charge >= 0.3 is 17.9 Å². The Kier molecular flexibility index (Phi) is 68.6. The first-order chi connectivity index (χ1) is 63.3. The van der Waals surface area contributed by atoms with Crippen LogP contribution in [0.2, 0.25) is 6.04 Å². The van der Waals surface area contributed by atoms with Gasteiger partial charge in [0.25, 0.3) is 17.1 Å². The Labute approximate surface area is 794 Å². The van der Waals surface area contributed by atoms with Gasteiger partial charge in [0, 0.05) is 68.4 Å². The molecule has 3 rings (SSSR count). The second-order valence-electron chi connectivity index (χ2n) is 36.3. The van der Waals surface area contributed by atoms with Crippen LogP contribution in [0.5, 0.6) is 34.5 Å². The standard InChI is InChI=1S/C99H165N5O23S3Si/c1-2-58-126-60-61-127-59-54-65-131(76-128-62-51-45-39-33-27-21-15-9-3-6-12-18-24-30-36-42-48-55-83(105)67-82(97(114)115)66-79-70-89(106)92(109)73-86(79)102(120)121,77-129-63-52-46-40-34-28-22-16-10-4-7-13-19-25-31-37-43-49-56-95(112)100-84(98(116)117)68-80-71-90(107)93(110)74-87(80)103(122)123)78-130-64-53-47-41-35-29-23-17-11-5-8-14-20-26-32-38-44-50-57-96(113)101-85(99(118)119)69-81-72-91(108)94(111)75-88(81)104(124)125/h70-75,82,84-85,106-111H,2-69,76-78H2,1H3,(H,100,112)(H,101,113)(H,114,115)(H,116,117)(H,118,119). The molecule has 3 atom stereocenters. The Morgan fingerprint density at radius 1 is 0.328 bits per heavy atom. The van der Waals surface area contributed by atoms with Gasteiger partial charge in [-0.05, 0) is 109 Å². The number of nitro groups is 3. The highest BCUT2D eigenvalue weighted by atomic mass is 32.2. The number of carboxylic acids is 3. The number of benzene rings is 3. The summed E-state index contributed by atoms with van der Waals surface area (Å²) in [5.41, 5.74) is -1.84. The quantitative estimate of drug-likeness (QED) is 0.00822. The van der Waals surface area contributed by atoms with E-state index in [1.54, 1.807) is 0 Å². The maximum absolute atomic E-state index is 12.7. The first-order valence-electron chi connectivity index (χ1n) is 50.0. The van der Waals surface area contributed by atoms with Gasteiger partial charge in [-0.3, -0.25) is 49.5 Å². The van der Waals surface area contributed by atoms with Crippen molar-refractivity contribution >= 4 is 95.9 Å². The van der Waals surface area contributed by atoms with Crippen LogP contribution >= 0.6 is 35.3 Å². The Bertz CT molecular complexity index is 3310. The number of nitrogens with one attached hydrogen (secondary N) is 2. The number of carbonyl (C=O) groups is 6. The van der Waals surface area contributed by atoms with E-state index in [0.29, 0.717) is 32.5 Å². The number of hydrogen-bond donors (Lipinski definition) is 11. The number of unbranched alkanes of at least 4 members (excludes halogenated alkanes) is 48. The fourth-order valence-electron chi connectivity index (χ4n) is 16.8. The van der Waals surface area contributed by atoms with Crippen LogP contribution in [0.25, 0.3) is 0 Å². The highest BCUT2D eigenvalue weighted by molar-refractivity contribution is 8.05. The summed E-state index contributed by atoms with van der Waals surface area (Å²) >= 11 is 6.80. The summed E-state index contributed by atoms with van der Waals surface area (Å²) < 4.78 is 11.9. The Balaban J connectivity index is 1.33. The van der Waals surface area contributed by atoms with E-state index in [2.05, 4.69) is 52.8 Å². The molecule has 0 fully saturated rings. The Morgan fingerprint density at radius 3 is 0.832 bits per heavy atom. The summed E-state index contributed by atoms with van der Waals surface area (Å²) in [6.45, 7) is 5.06. The third kappa shape index (κ3) is 58.7. The number of ketones is 1. The zero-order chi connectivity index (χ0) is 95.8. The lowest BCUT2D eigenvalue weighted by Crippen LogP contribution is -2.45. The number of aromatic hydroxyl groups is 6. The molecule has 0 saturated heterocycles. The van der Waals surface area contributed by atoms with E-state index >= 15 is 0 Å². The summed E-state index contributed by atoms with van der Waals surface area (Å²) in [5, 5.41) is 131. The molecule has 0 aliphatic rings. The normalized spacial score (nSPS) is 12.6. The number of carbonyl (C=O) groups excluding carboxylic acids is 3. The van der Waals surface area contributed by atoms with Gasteiger partial charge in [0.2, 0.25) is 11.8 Å². The van der Waals surface area contributed by atoms with Crippen molar-refractivity contribution in [1.29, 1.82) is 0 Å². The molecule has 3 unspecified atom stereocenters. The zero-order valence-corrected chi connectivity index (χ0v) is 82.7. The van der Waals surface area contributed by atoms with Crippen LogP contribution in [0.15, 0.2) is 36.4 Å². The van der Waals surface area contributed by atoms with Gasteiger partial charge in [-0.1, -0.05) is 302 Å². The second kappa shape index (κ2) is 76.1. The zero-order valence-electron chi connectivity index (χ0n) is 79.2. The van der Waals surface area contributed by atoms with Crippen molar-refractivity contribution in [2.24, 2.45) is 5.92 Å². The van der Waals surface area contributed by atoms with Crippen LogP contribution in [-0.4, -0.2) is 176 Å². The predicted octanol–water partition coefficient (Wildman–Crippen LogP) is 24.6. The predicted molar refractivity (Wildman–Crippen MR) is 529 cm³/mol. The van der Waals surface area contributed by atoms with Gasteiger partial charge in [0.1, 0.15) is 17.9 Å². The number of nitro benzene ring substituents is 3. The van der Waals surface area contributed by atoms with E-state index in [9.17, 15) is 105 Å². The number of hydrogen-bond acceptors (Lipinski definition) is 23. The van der Waals surface area contributed by atoms with Crippen molar-refractivity contribution < 1.29 is 99.0 Å². The molecule has 0 spiro atoms. The summed E-state index contributed by atoms with van der Waals surface area (Å²) in [6, 6.07) is 3.70. The van der Waals surface area contributed by atoms with Gasteiger partial charge in [-0.25, -0.2) is 9.59 Å². The highest BCUT2D eigenvalue weighted by Gasteiger charge is 2.34. The van der Waals surface area contributed by atoms with Crippen LogP contribution in [-0.2, 0) is 57.5 Å². The number of nitrogens with zero attached hydrogens (tertiary/aromatic N) is 3. The smallest absolute Gasteiger partial charge is 0.326 e. The molecule has 131 heavy (non-hydrogen) atoms. The third-order valence-corrected chi connectivity index (χ3v) is 37.5. The van der Waals surface area contributed by atoms with E-state index in [-0.39, 0.29) is 54.6 Å². The summed E-state index contributed by atoms with van der Waals surface area (Å²) in [5.74, 6) is -6.30. The van der Waals surface area contributed by atoms with E-state index in [1.165, 1.54) is 277 Å². The number of phenols is 6. The number of ether oxygens (including phenoxy) is 2. The molecule has 0 aromatic heterocycles. The molecule has 0 heterocycles. The van der Waals surface area contributed by atoms with Crippen LogP contribution in [0.3, 0.4) is 0 Å². The third-order valence-electron chi connectivity index (χ3n) is 24.6. The molecular weight excluding hydrogens is 1750 g/mol. The van der Waals surface area contributed by atoms with Crippen LogP contribution in [0.1, 0.15) is 390 Å². The van der Waals surface area contributed by atoms with Gasteiger partial charge in [0.15, 0.2) is 34.5 Å². The average molecular weight is 1920 g/mol. The average Bonchev–Trinajstić information content (AvgIpc) is 0.831. The number of phenolic OH excluding ortho intramolecular Hbond substituents is 6. The highest BCUT2D eigenvalue weighted by Crippen LogP contribution is 2.38. The van der Waals surface area contributed by atoms with Gasteiger partial charge in [-0.2, -0.15) is 35.3 Å². The van der Waals surface area contributed by atoms with E-state index in [1.807, 2.05) is 0 Å². The van der Waals surface area contributed by atoms with Gasteiger partial charge < -0.3 is 66.1 Å². The summed E-state index contributed by atoms with van der Waals surface area (Å²) in [6.07, 6.45) is 62.0. The number of aliphatic carboxylic acids is 3. The molecule has 11 N–H and O–H groups in total. The SMILES string of the molecule is CCCOCCOCCC[Si](CSCCCCCCCCCCCCCCCCCCCC(=O)CC(Cc1cc(O)c(O)cc1[N+](=O)[O-])C(=O)O)(CSCCCCCCCCCCCCCCCCCCCC(=O)NC(Cc1cc(O)c(O)cc1[N+](=O)[O-])C(=O)O)CSCCCCCCCCCCCCCCCCCCCC(=O)NC(Cc1cc(O)c(O)cc1[N+](=O)[O-])C(=O)O. The van der Waals surface area contributed by atoms with Crippen molar-refractivity contribution in [3.05, 3.63) is 83.4 Å². The van der Waals surface area contributed by atoms with Crippen LogP contribution in [0, 0.1) is 36.3 Å². The molecule has 746 valence electrons. The fraction of sp³-hybridized carbons (Fsp3) is 0.758. The number of Topliss-reactive ketones (excluding diaryl/α,β-unsaturated/α-hetero) is 1. The van der Waals surface area contributed by atoms with E-state index in [0.717, 1.165) is 133 Å². The second-order valence-corrected chi connectivity index (χ2v) is 45.7. The molecule has 0 aliphatic heterocycles. The Hall–Kier alpha value is -7.13. The minimum absolute atomic E-state index is 0.0450. The first kappa shape index (κ1) is 118. The number of thioether (sulfide) groups is 3. The molecule has 0 aliphatic carbocycles. The molecule has 0 radical (unpaired) electrons. The van der Waals surface area contributed by atoms with Crippen molar-refractivity contribution in [2.45, 2.75) is 410 Å². The maximum atomic E-state index is 12.7. The van der Waals surface area contributed by atoms with E-state index < -0.39 is 135 Å². The lowest BCUT2D eigenvalue weighted by molar-refractivity contribution is -0.385. The fourth-order valence-corrected chi connectivity index (χ4v) is 30.8. The lowest BCUT2D eigenvalue weighted by Gasteiger charge is -2.31. The molecular formula is C99H165N5O23S3Si. The Morgan fingerprint density at radius 2 is 0.573 bits per heavy atom. The molecule has 2 amide bonds. The molecule has 3 aromatic carbocycles. The van der Waals surface area contributed by atoms with Crippen molar-refractivity contribution in [1.82, 2.24) is 10.6 Å². The van der Waals surface area contributed by atoms with E-state index in [4.69, 9.17) is 9.47 Å². The van der Waals surface area contributed by atoms with Crippen LogP contribution in [0.4, 0.5) is 17.1 Å². The largest absolute Gasteiger partial charge is 0.504 e. The maximum Gasteiger partial charge on any atom is 0.326 e. The molecule has 28 nitrogen and oxygen atoms in total. The lowest BCUT2D eigenvalue weighted by atomic mass is 9.91. The minimum Gasteiger partial charge on any atom is -0.504 e. The number of carboxylic acid groups (broad SMARTS) is 3. The van der Waals surface area contributed by atoms with Gasteiger partial charge in [0.05, 0.1) is 60.2 Å². The van der Waals surface area contributed by atoms with Crippen molar-refractivity contribution in [2.75, 3.05) is 59.8 Å². The molecule has 0 saturated carbocycles. The molecule has 0 bridgehead atoms. The van der Waals surface area contributed by atoms with Crippen molar-refractivity contribution in [3.8, 4) is 34.5 Å². The monoisotopic (exact) mass is 1920 g/mol. The molecule has 3 aromatic rings. The first-order valence-corrected chi connectivity index (χ1v) is 56.3. The summed E-state index contributed by atoms with van der Waals surface area (Å²) in [7, 11) is -1.64. The van der Waals surface area contributed by atoms with Gasteiger partial charge in [-0.15, -0.1) is 0 Å². The molecule has 32 heteroatoms. The summed E-state index contributed by atoms with van der Waals surface area (Å²) in [4.78, 5) is 106. The van der Waals surface area contributed by atoms with Crippen LogP contribution < -0.4 is 10.6 Å². The number of amides is 2. The topological polar surface area (TPSA) is 456 Å². The number of rotatable bonds is 91. The van der Waals surface area contributed by atoms with Crippen molar-refractivity contribution in [3.63, 3.8) is 0 Å². The minimum atomic E-state index is -1.64.